The topological polar surface area (TPSA) is 80.8 Å². The fourth-order valence-corrected chi connectivity index (χ4v) is 4.67. The normalized spacial score (nSPS) is 14.8. The molecule has 0 N–H and O–H groups in total. The molecule has 1 fully saturated rings. The predicted molar refractivity (Wildman–Crippen MR) is 146 cm³/mol. The van der Waals surface area contributed by atoms with E-state index in [2.05, 4.69) is 21.9 Å². The molecular weight excluding hydrogens is 561 g/mol. The van der Waals surface area contributed by atoms with Crippen molar-refractivity contribution in [3.05, 3.63) is 105 Å². The maximum Gasteiger partial charge on any atom is 0.437 e. The summed E-state index contributed by atoms with van der Waals surface area (Å²) in [6.45, 7) is 4.43. The second-order valence-electron chi connectivity index (χ2n) is 9.83. The number of carbonyl (C=O) groups excluding carboxylic acids is 1. The summed E-state index contributed by atoms with van der Waals surface area (Å²) in [5.41, 5.74) is 1.11. The van der Waals surface area contributed by atoms with E-state index in [1.165, 1.54) is 24.3 Å². The number of carbonyl (C=O) groups is 1. The SMILES string of the molecule is CN1CCN(Cc2cccc(C(=O)Oc3ccc(Cl)cc3Cn3nc(-c4ccc(C(F)(F)F)cc4)oc3=O)c2)CC1. The number of hydrogen-bond acceptors (Lipinski definition) is 7. The molecule has 5 rings (SSSR count). The summed E-state index contributed by atoms with van der Waals surface area (Å²) in [6.07, 6.45) is -4.49. The van der Waals surface area contributed by atoms with Gasteiger partial charge >= 0.3 is 17.9 Å². The number of halogens is 4. The average Bonchev–Trinajstić information content (AvgIpc) is 3.31. The molecule has 0 spiro atoms. The van der Waals surface area contributed by atoms with Crippen molar-refractivity contribution in [2.24, 2.45) is 0 Å². The van der Waals surface area contributed by atoms with Gasteiger partial charge in [-0.15, -0.1) is 5.10 Å². The number of rotatable bonds is 7. The lowest BCUT2D eigenvalue weighted by atomic mass is 10.1. The Balaban J connectivity index is 1.32. The van der Waals surface area contributed by atoms with Crippen molar-refractivity contribution >= 4 is 17.6 Å². The van der Waals surface area contributed by atoms with Crippen molar-refractivity contribution in [1.82, 2.24) is 19.6 Å². The van der Waals surface area contributed by atoms with Gasteiger partial charge in [-0.3, -0.25) is 4.90 Å². The Morgan fingerprint density at radius 3 is 2.44 bits per heavy atom. The number of benzene rings is 3. The summed E-state index contributed by atoms with van der Waals surface area (Å²) in [7, 11) is 2.09. The van der Waals surface area contributed by atoms with Crippen LogP contribution in [0.1, 0.15) is 27.0 Å². The van der Waals surface area contributed by atoms with Crippen LogP contribution in [0.2, 0.25) is 5.02 Å². The van der Waals surface area contributed by atoms with Gasteiger partial charge in [0.05, 0.1) is 17.7 Å². The minimum Gasteiger partial charge on any atom is -0.423 e. The van der Waals surface area contributed by atoms with Crippen LogP contribution in [0.4, 0.5) is 13.2 Å². The van der Waals surface area contributed by atoms with Crippen LogP contribution in [-0.2, 0) is 19.3 Å². The summed E-state index contributed by atoms with van der Waals surface area (Å²) < 4.78 is 50.5. The van der Waals surface area contributed by atoms with Gasteiger partial charge in [0.25, 0.3) is 0 Å². The van der Waals surface area contributed by atoms with Gasteiger partial charge in [-0.05, 0) is 67.2 Å². The summed E-state index contributed by atoms with van der Waals surface area (Å²) in [6, 6.07) is 15.9. The molecule has 1 aliphatic rings. The number of nitrogens with zero attached hydrogens (tertiary/aromatic N) is 4. The highest BCUT2D eigenvalue weighted by molar-refractivity contribution is 6.30. The first-order valence-electron chi connectivity index (χ1n) is 12.8. The summed E-state index contributed by atoms with van der Waals surface area (Å²) in [5, 5.41) is 4.45. The van der Waals surface area contributed by atoms with Crippen LogP contribution < -0.4 is 10.5 Å². The predicted octanol–water partition coefficient (Wildman–Crippen LogP) is 5.19. The molecule has 0 unspecified atom stereocenters. The van der Waals surface area contributed by atoms with Crippen LogP contribution in [0.25, 0.3) is 11.5 Å². The molecule has 0 amide bonds. The number of esters is 1. The van der Waals surface area contributed by atoms with Crippen molar-refractivity contribution in [3.8, 4) is 17.2 Å². The Morgan fingerprint density at radius 2 is 1.73 bits per heavy atom. The first-order chi connectivity index (χ1) is 19.5. The fourth-order valence-electron chi connectivity index (χ4n) is 4.48. The number of likely N-dealkylation sites (N-methyl/N-ethyl adjacent to an activating group) is 1. The molecule has 3 aromatic carbocycles. The summed E-state index contributed by atoms with van der Waals surface area (Å²) >= 11 is 6.18. The van der Waals surface area contributed by atoms with Gasteiger partial charge in [0.1, 0.15) is 5.75 Å². The molecule has 0 aliphatic carbocycles. The molecule has 0 bridgehead atoms. The Hall–Kier alpha value is -3.93. The van der Waals surface area contributed by atoms with Gasteiger partial charge in [-0.2, -0.15) is 17.9 Å². The van der Waals surface area contributed by atoms with E-state index in [0.717, 1.165) is 55.1 Å². The van der Waals surface area contributed by atoms with Crippen molar-refractivity contribution in [2.75, 3.05) is 33.2 Å². The standard InChI is InChI=1S/C29H26ClF3N4O4/c1-35-11-13-36(14-12-35)17-19-3-2-4-21(15-19)27(38)40-25-10-9-24(30)16-22(25)18-37-28(39)41-26(34-37)20-5-7-23(8-6-20)29(31,32)33/h2-10,15-16H,11-14,17-18H2,1H3. The number of aromatic nitrogens is 2. The molecule has 2 heterocycles. The lowest BCUT2D eigenvalue weighted by Crippen LogP contribution is -2.43. The number of hydrogen-bond donors (Lipinski definition) is 0. The average molecular weight is 587 g/mol. The van der Waals surface area contributed by atoms with Gasteiger partial charge < -0.3 is 14.1 Å². The second-order valence-corrected chi connectivity index (χ2v) is 10.3. The summed E-state index contributed by atoms with van der Waals surface area (Å²) in [4.78, 5) is 30.2. The zero-order valence-corrected chi connectivity index (χ0v) is 22.8. The van der Waals surface area contributed by atoms with Crippen molar-refractivity contribution < 1.29 is 27.1 Å². The van der Waals surface area contributed by atoms with E-state index in [0.29, 0.717) is 16.1 Å². The highest BCUT2D eigenvalue weighted by Gasteiger charge is 2.30. The van der Waals surface area contributed by atoms with Crippen molar-refractivity contribution in [1.29, 1.82) is 0 Å². The van der Waals surface area contributed by atoms with E-state index >= 15 is 0 Å². The highest BCUT2D eigenvalue weighted by atomic mass is 35.5. The minimum atomic E-state index is -4.49. The van der Waals surface area contributed by atoms with Crippen LogP contribution in [-0.4, -0.2) is 58.8 Å². The number of piperazine rings is 1. The van der Waals surface area contributed by atoms with Crippen molar-refractivity contribution in [3.63, 3.8) is 0 Å². The first kappa shape index (κ1) is 28.6. The molecule has 214 valence electrons. The van der Waals surface area contributed by atoms with E-state index in [1.807, 2.05) is 12.1 Å². The van der Waals surface area contributed by atoms with Gasteiger partial charge in [-0.1, -0.05) is 23.7 Å². The summed E-state index contributed by atoms with van der Waals surface area (Å²) in [5.74, 6) is -1.39. The molecule has 12 heteroatoms. The molecule has 0 radical (unpaired) electrons. The van der Waals surface area contributed by atoms with E-state index in [1.54, 1.807) is 18.2 Å². The second kappa shape index (κ2) is 11.9. The zero-order valence-electron chi connectivity index (χ0n) is 22.0. The van der Waals surface area contributed by atoms with E-state index in [9.17, 15) is 22.8 Å². The Bertz CT molecular complexity index is 1590. The molecule has 4 aromatic rings. The monoisotopic (exact) mass is 586 g/mol. The van der Waals surface area contributed by atoms with E-state index < -0.39 is 23.5 Å². The molecule has 8 nitrogen and oxygen atoms in total. The Labute approximate surface area is 238 Å². The number of alkyl halides is 3. The zero-order chi connectivity index (χ0) is 29.1. The Morgan fingerprint density at radius 1 is 1.00 bits per heavy atom. The molecule has 41 heavy (non-hydrogen) atoms. The molecule has 1 aromatic heterocycles. The van der Waals surface area contributed by atoms with Crippen LogP contribution in [0.3, 0.4) is 0 Å². The molecule has 0 saturated carbocycles. The fraction of sp³-hybridized carbons (Fsp3) is 0.276. The van der Waals surface area contributed by atoms with Crippen LogP contribution in [0, 0.1) is 0 Å². The molecule has 1 aliphatic heterocycles. The lowest BCUT2D eigenvalue weighted by Gasteiger charge is -2.32. The quantitative estimate of drug-likeness (QED) is 0.218. The van der Waals surface area contributed by atoms with Crippen LogP contribution in [0.5, 0.6) is 5.75 Å². The van der Waals surface area contributed by atoms with Crippen LogP contribution >= 0.6 is 11.6 Å². The van der Waals surface area contributed by atoms with Gasteiger partial charge in [0, 0.05) is 48.9 Å². The van der Waals surface area contributed by atoms with Gasteiger partial charge in [0.2, 0.25) is 5.89 Å². The third-order valence-electron chi connectivity index (χ3n) is 6.78. The van der Waals surface area contributed by atoms with Gasteiger partial charge in [-0.25, -0.2) is 9.59 Å². The Kier molecular flexibility index (Phi) is 8.30. The van der Waals surface area contributed by atoms with E-state index in [4.69, 9.17) is 20.8 Å². The molecule has 0 atom stereocenters. The highest BCUT2D eigenvalue weighted by Crippen LogP contribution is 2.31. The third kappa shape index (κ3) is 7.05. The van der Waals surface area contributed by atoms with Gasteiger partial charge in [0.15, 0.2) is 0 Å². The van der Waals surface area contributed by atoms with E-state index in [-0.39, 0.29) is 23.7 Å². The number of ether oxygens (including phenoxy) is 1. The molecule has 1 saturated heterocycles. The largest absolute Gasteiger partial charge is 0.437 e. The van der Waals surface area contributed by atoms with Crippen molar-refractivity contribution in [2.45, 2.75) is 19.3 Å². The first-order valence-corrected chi connectivity index (χ1v) is 13.2. The minimum absolute atomic E-state index is 0.151. The van der Waals surface area contributed by atoms with Crippen LogP contribution in [0.15, 0.2) is 75.9 Å². The smallest absolute Gasteiger partial charge is 0.423 e. The third-order valence-corrected chi connectivity index (χ3v) is 7.01. The lowest BCUT2D eigenvalue weighted by molar-refractivity contribution is -0.137. The maximum absolute atomic E-state index is 13.1. The maximum atomic E-state index is 13.1. The molecular formula is C29H26ClF3N4O4.